The van der Waals surface area contributed by atoms with E-state index in [0.717, 1.165) is 48.0 Å². The summed E-state index contributed by atoms with van der Waals surface area (Å²) in [5, 5.41) is 4.32. The first-order valence-electron chi connectivity index (χ1n) is 6.88. The second kappa shape index (κ2) is 4.42. The van der Waals surface area contributed by atoms with Crippen molar-refractivity contribution in [2.24, 2.45) is 0 Å². The predicted molar refractivity (Wildman–Crippen MR) is 76.8 cm³/mol. The molecule has 0 aromatic carbocycles. The highest BCUT2D eigenvalue weighted by atomic mass is 16.1. The molecular formula is C14H15N5O. The summed E-state index contributed by atoms with van der Waals surface area (Å²) in [7, 11) is 0. The van der Waals surface area contributed by atoms with Gasteiger partial charge in [0.1, 0.15) is 11.2 Å². The van der Waals surface area contributed by atoms with Crippen LogP contribution < -0.4 is 10.9 Å². The van der Waals surface area contributed by atoms with Crippen LogP contribution in [-0.4, -0.2) is 32.6 Å². The number of rotatable bonds is 1. The van der Waals surface area contributed by atoms with Gasteiger partial charge in [-0.1, -0.05) is 0 Å². The van der Waals surface area contributed by atoms with Gasteiger partial charge < -0.3 is 14.9 Å². The van der Waals surface area contributed by atoms with Crippen LogP contribution in [0.4, 0.5) is 0 Å². The third kappa shape index (κ3) is 1.65. The van der Waals surface area contributed by atoms with Crippen LogP contribution in [0.2, 0.25) is 0 Å². The van der Waals surface area contributed by atoms with E-state index in [9.17, 15) is 4.79 Å². The zero-order valence-electron chi connectivity index (χ0n) is 11.0. The van der Waals surface area contributed by atoms with Crippen LogP contribution in [0.1, 0.15) is 18.9 Å². The Morgan fingerprint density at radius 2 is 2.25 bits per heavy atom. The Kier molecular flexibility index (Phi) is 2.56. The minimum atomic E-state index is -0.0418. The Hall–Kier alpha value is -2.21. The molecule has 0 saturated carbocycles. The zero-order valence-corrected chi connectivity index (χ0v) is 11.0. The molecule has 1 saturated heterocycles. The standard InChI is InChI=1S/C14H15N5O/c20-12-8-17-11-7-18-14-10(3-5-16-14)13(11)19(12)9-2-1-4-15-6-9/h3,5,7-9,15H,1-2,4,6H2,(H,16,18)/t9-/m1/s1. The number of hydrogen-bond donors (Lipinski definition) is 2. The first-order valence-corrected chi connectivity index (χ1v) is 6.88. The molecule has 4 rings (SSSR count). The van der Waals surface area contributed by atoms with Crippen molar-refractivity contribution in [3.05, 3.63) is 35.0 Å². The second-order valence-electron chi connectivity index (χ2n) is 5.20. The van der Waals surface area contributed by atoms with Crippen molar-refractivity contribution in [3.8, 4) is 0 Å². The molecule has 1 atom stereocenters. The number of fused-ring (bicyclic) bond motifs is 3. The summed E-state index contributed by atoms with van der Waals surface area (Å²) in [4.78, 5) is 24.0. The quantitative estimate of drug-likeness (QED) is 0.696. The first kappa shape index (κ1) is 11.6. The zero-order chi connectivity index (χ0) is 13.5. The molecule has 0 aliphatic carbocycles. The molecule has 0 amide bonds. The van der Waals surface area contributed by atoms with Gasteiger partial charge in [0, 0.05) is 24.2 Å². The Morgan fingerprint density at radius 3 is 3.10 bits per heavy atom. The predicted octanol–water partition coefficient (Wildman–Crippen LogP) is 1.20. The Labute approximate surface area is 114 Å². The Balaban J connectivity index is 2.08. The SMILES string of the molecule is O=c1cnc2cnc3[nH]ccc3c2n1[C@@H]1CCCNC1. The molecule has 20 heavy (non-hydrogen) atoms. The molecule has 0 bridgehead atoms. The number of piperidine rings is 1. The van der Waals surface area contributed by atoms with Gasteiger partial charge in [0.15, 0.2) is 0 Å². The number of aromatic amines is 1. The third-order valence-corrected chi connectivity index (χ3v) is 3.97. The van der Waals surface area contributed by atoms with Gasteiger partial charge >= 0.3 is 0 Å². The summed E-state index contributed by atoms with van der Waals surface area (Å²) in [5.74, 6) is 0. The van der Waals surface area contributed by atoms with Gasteiger partial charge in [-0.15, -0.1) is 0 Å². The average Bonchev–Trinajstić information content (AvgIpc) is 2.96. The molecule has 0 radical (unpaired) electrons. The van der Waals surface area contributed by atoms with Gasteiger partial charge in [-0.25, -0.2) is 9.97 Å². The van der Waals surface area contributed by atoms with Crippen LogP contribution in [-0.2, 0) is 0 Å². The van der Waals surface area contributed by atoms with E-state index in [1.165, 1.54) is 6.20 Å². The van der Waals surface area contributed by atoms with Crippen molar-refractivity contribution in [1.29, 1.82) is 0 Å². The fourth-order valence-corrected chi connectivity index (χ4v) is 3.04. The van der Waals surface area contributed by atoms with Gasteiger partial charge in [0.25, 0.3) is 5.56 Å². The number of H-pyrrole nitrogens is 1. The van der Waals surface area contributed by atoms with E-state index in [-0.39, 0.29) is 11.6 Å². The summed E-state index contributed by atoms with van der Waals surface area (Å²) in [6.45, 7) is 1.85. The molecular weight excluding hydrogens is 254 g/mol. The molecule has 1 fully saturated rings. The van der Waals surface area contributed by atoms with E-state index in [2.05, 4.69) is 20.3 Å². The maximum Gasteiger partial charge on any atom is 0.269 e. The molecule has 3 aromatic rings. The summed E-state index contributed by atoms with van der Waals surface area (Å²) in [6.07, 6.45) is 7.07. The molecule has 0 unspecified atom stereocenters. The molecule has 0 spiro atoms. The van der Waals surface area contributed by atoms with Crippen LogP contribution >= 0.6 is 0 Å². The fraction of sp³-hybridized carbons (Fsp3) is 0.357. The molecule has 1 aliphatic rings. The van der Waals surface area contributed by atoms with Crippen LogP contribution in [0.15, 0.2) is 29.5 Å². The lowest BCUT2D eigenvalue weighted by Crippen LogP contribution is -2.36. The van der Waals surface area contributed by atoms with E-state index in [0.29, 0.717) is 0 Å². The summed E-state index contributed by atoms with van der Waals surface area (Å²) in [6, 6.07) is 2.14. The average molecular weight is 269 g/mol. The summed E-state index contributed by atoms with van der Waals surface area (Å²) in [5.41, 5.74) is 2.40. The van der Waals surface area contributed by atoms with Crippen molar-refractivity contribution in [2.75, 3.05) is 13.1 Å². The van der Waals surface area contributed by atoms with Crippen molar-refractivity contribution >= 4 is 22.1 Å². The van der Waals surface area contributed by atoms with Crippen LogP contribution in [0, 0.1) is 0 Å². The van der Waals surface area contributed by atoms with Crippen molar-refractivity contribution in [2.45, 2.75) is 18.9 Å². The largest absolute Gasteiger partial charge is 0.346 e. The van der Waals surface area contributed by atoms with Crippen molar-refractivity contribution in [3.63, 3.8) is 0 Å². The van der Waals surface area contributed by atoms with Crippen molar-refractivity contribution in [1.82, 2.24) is 24.8 Å². The number of nitrogens with zero attached hydrogens (tertiary/aromatic N) is 3. The van der Waals surface area contributed by atoms with Crippen LogP contribution in [0.5, 0.6) is 0 Å². The Morgan fingerprint density at radius 1 is 1.30 bits per heavy atom. The lowest BCUT2D eigenvalue weighted by molar-refractivity contribution is 0.372. The minimum absolute atomic E-state index is 0.0418. The lowest BCUT2D eigenvalue weighted by atomic mass is 10.1. The Bertz CT molecular complexity index is 828. The van der Waals surface area contributed by atoms with Crippen LogP contribution in [0.25, 0.3) is 22.1 Å². The van der Waals surface area contributed by atoms with Gasteiger partial charge in [-0.05, 0) is 25.5 Å². The van der Waals surface area contributed by atoms with Gasteiger partial charge in [-0.3, -0.25) is 4.79 Å². The fourth-order valence-electron chi connectivity index (χ4n) is 3.04. The van der Waals surface area contributed by atoms with E-state index < -0.39 is 0 Å². The third-order valence-electron chi connectivity index (χ3n) is 3.97. The number of nitrogens with one attached hydrogen (secondary N) is 2. The van der Waals surface area contributed by atoms with E-state index in [1.54, 1.807) is 6.20 Å². The summed E-state index contributed by atoms with van der Waals surface area (Å²) >= 11 is 0. The number of aromatic nitrogens is 4. The van der Waals surface area contributed by atoms with Crippen LogP contribution in [0.3, 0.4) is 0 Å². The lowest BCUT2D eigenvalue weighted by Gasteiger charge is -2.26. The second-order valence-corrected chi connectivity index (χ2v) is 5.20. The molecule has 6 heteroatoms. The highest BCUT2D eigenvalue weighted by Crippen LogP contribution is 2.25. The highest BCUT2D eigenvalue weighted by molar-refractivity contribution is 6.00. The smallest absolute Gasteiger partial charge is 0.269 e. The maximum atomic E-state index is 12.3. The first-order chi connectivity index (χ1) is 9.84. The van der Waals surface area contributed by atoms with E-state index in [1.807, 2.05) is 16.8 Å². The monoisotopic (exact) mass is 269 g/mol. The normalized spacial score (nSPS) is 19.7. The molecule has 2 N–H and O–H groups in total. The number of pyridine rings is 1. The van der Waals surface area contributed by atoms with Gasteiger partial charge in [0.05, 0.1) is 17.9 Å². The topological polar surface area (TPSA) is 75.6 Å². The van der Waals surface area contributed by atoms with E-state index >= 15 is 0 Å². The molecule has 6 nitrogen and oxygen atoms in total. The molecule has 3 aromatic heterocycles. The van der Waals surface area contributed by atoms with Gasteiger partial charge in [-0.2, -0.15) is 0 Å². The van der Waals surface area contributed by atoms with Gasteiger partial charge in [0.2, 0.25) is 0 Å². The molecule has 102 valence electrons. The molecule has 4 heterocycles. The maximum absolute atomic E-state index is 12.3. The molecule has 1 aliphatic heterocycles. The highest BCUT2D eigenvalue weighted by Gasteiger charge is 2.20. The van der Waals surface area contributed by atoms with E-state index in [4.69, 9.17) is 0 Å². The number of hydrogen-bond acceptors (Lipinski definition) is 4. The van der Waals surface area contributed by atoms with Crippen molar-refractivity contribution < 1.29 is 0 Å². The minimum Gasteiger partial charge on any atom is -0.346 e. The summed E-state index contributed by atoms with van der Waals surface area (Å²) < 4.78 is 1.88.